The summed E-state index contributed by atoms with van der Waals surface area (Å²) in [6.45, 7) is 0.379. The summed E-state index contributed by atoms with van der Waals surface area (Å²) < 4.78 is 0. The summed E-state index contributed by atoms with van der Waals surface area (Å²) in [5, 5.41) is 18.6. The van der Waals surface area contributed by atoms with Crippen LogP contribution in [0.4, 0.5) is 0 Å². The van der Waals surface area contributed by atoms with E-state index in [1.807, 2.05) is 12.1 Å². The van der Waals surface area contributed by atoms with E-state index in [2.05, 4.69) is 15.5 Å². The molecule has 1 aromatic carbocycles. The number of carbonyl (C=O) groups is 2. The van der Waals surface area contributed by atoms with Crippen LogP contribution in [0.3, 0.4) is 0 Å². The lowest BCUT2D eigenvalue weighted by Crippen LogP contribution is -2.22. The molecule has 21 heavy (non-hydrogen) atoms. The van der Waals surface area contributed by atoms with Crippen LogP contribution in [0.2, 0.25) is 0 Å². The number of hydrogen-bond acceptors (Lipinski definition) is 4. The first-order valence-corrected chi connectivity index (χ1v) is 6.20. The minimum atomic E-state index is -0.989. The molecule has 2 rings (SSSR count). The highest BCUT2D eigenvalue weighted by atomic mass is 16.4. The van der Waals surface area contributed by atoms with E-state index in [-0.39, 0.29) is 5.91 Å². The molecule has 0 aliphatic carbocycles. The monoisotopic (exact) mass is 283 g/mol. The van der Waals surface area contributed by atoms with Crippen molar-refractivity contribution in [3.8, 4) is 0 Å². The van der Waals surface area contributed by atoms with E-state index in [0.29, 0.717) is 12.1 Å². The third kappa shape index (κ3) is 4.54. The normalized spacial score (nSPS) is 10.5. The van der Waals surface area contributed by atoms with Crippen LogP contribution in [-0.4, -0.2) is 27.2 Å². The summed E-state index contributed by atoms with van der Waals surface area (Å²) in [6, 6.07) is 8.81. The Labute approximate surface area is 121 Å². The van der Waals surface area contributed by atoms with Gasteiger partial charge in [0.1, 0.15) is 0 Å². The number of benzene rings is 1. The van der Waals surface area contributed by atoms with Gasteiger partial charge in [-0.25, -0.2) is 4.79 Å². The fourth-order valence-corrected chi connectivity index (χ4v) is 1.62. The number of carboxylic acids is 1. The van der Waals surface area contributed by atoms with Crippen molar-refractivity contribution in [2.24, 2.45) is 0 Å². The van der Waals surface area contributed by atoms with Crippen molar-refractivity contribution >= 4 is 18.0 Å². The first-order chi connectivity index (χ1) is 10.1. The van der Waals surface area contributed by atoms with Crippen molar-refractivity contribution in [1.82, 2.24) is 15.5 Å². The number of amides is 1. The van der Waals surface area contributed by atoms with E-state index in [1.54, 1.807) is 18.2 Å². The molecule has 6 nitrogen and oxygen atoms in total. The predicted molar refractivity (Wildman–Crippen MR) is 76.3 cm³/mol. The van der Waals surface area contributed by atoms with Crippen molar-refractivity contribution in [2.45, 2.75) is 6.54 Å². The third-order valence-corrected chi connectivity index (χ3v) is 2.70. The molecule has 0 fully saturated rings. The Morgan fingerprint density at radius 3 is 2.52 bits per heavy atom. The molecule has 6 heteroatoms. The summed E-state index contributed by atoms with van der Waals surface area (Å²) in [6.07, 6.45) is 5.44. The molecule has 0 aliphatic heterocycles. The minimum absolute atomic E-state index is 0.222. The first kappa shape index (κ1) is 14.4. The van der Waals surface area contributed by atoms with Crippen LogP contribution >= 0.6 is 0 Å². The third-order valence-electron chi connectivity index (χ3n) is 2.70. The molecule has 2 N–H and O–H groups in total. The van der Waals surface area contributed by atoms with E-state index < -0.39 is 5.97 Å². The number of nitrogens with zero attached hydrogens (tertiary/aromatic N) is 2. The second-order valence-corrected chi connectivity index (χ2v) is 4.23. The Morgan fingerprint density at radius 1 is 1.14 bits per heavy atom. The molecule has 0 radical (unpaired) electrons. The predicted octanol–water partition coefficient (Wildman–Crippen LogP) is 1.50. The van der Waals surface area contributed by atoms with Gasteiger partial charge in [-0.15, -0.1) is 0 Å². The molecule has 0 saturated carbocycles. The highest BCUT2D eigenvalue weighted by Crippen LogP contribution is 2.06. The Bertz CT molecular complexity index is 652. The van der Waals surface area contributed by atoms with Crippen molar-refractivity contribution in [3.05, 3.63) is 65.5 Å². The zero-order valence-corrected chi connectivity index (χ0v) is 11.1. The van der Waals surface area contributed by atoms with Crippen molar-refractivity contribution in [3.63, 3.8) is 0 Å². The molecule has 0 spiro atoms. The number of carbonyl (C=O) groups excluding carboxylic acids is 1. The van der Waals surface area contributed by atoms with Gasteiger partial charge >= 0.3 is 5.97 Å². The first-order valence-electron chi connectivity index (χ1n) is 6.20. The highest BCUT2D eigenvalue weighted by Gasteiger charge is 2.04. The van der Waals surface area contributed by atoms with Crippen molar-refractivity contribution in [1.29, 1.82) is 0 Å². The van der Waals surface area contributed by atoms with E-state index in [4.69, 9.17) is 5.11 Å². The number of rotatable bonds is 5. The Balaban J connectivity index is 1.92. The summed E-state index contributed by atoms with van der Waals surface area (Å²) in [7, 11) is 0. The van der Waals surface area contributed by atoms with Crippen molar-refractivity contribution < 1.29 is 14.7 Å². The molecule has 106 valence electrons. The number of aliphatic carboxylic acids is 1. The standard InChI is InChI=1S/C15H13N3O3/c19-14(20)6-5-11-1-3-12(4-2-11)9-16-15(21)13-7-8-17-18-10-13/h1-8,10H,9H2,(H,16,21)(H,19,20)/b6-5+. The average Bonchev–Trinajstić information content (AvgIpc) is 2.52. The topological polar surface area (TPSA) is 92.2 Å². The number of carboxylic acid groups (broad SMARTS) is 1. The van der Waals surface area contributed by atoms with Gasteiger partial charge in [0.2, 0.25) is 0 Å². The molecule has 0 unspecified atom stereocenters. The number of nitrogens with one attached hydrogen (secondary N) is 1. The van der Waals surface area contributed by atoms with Crippen LogP contribution in [0.15, 0.2) is 48.8 Å². The van der Waals surface area contributed by atoms with Gasteiger partial charge in [0.05, 0.1) is 18.0 Å². The molecule has 0 saturated heterocycles. The fraction of sp³-hybridized carbons (Fsp3) is 0.0667. The Hall–Kier alpha value is -3.02. The molecular weight excluding hydrogens is 270 g/mol. The quantitative estimate of drug-likeness (QED) is 0.811. The minimum Gasteiger partial charge on any atom is -0.478 e. The number of hydrogen-bond donors (Lipinski definition) is 2. The summed E-state index contributed by atoms with van der Waals surface area (Å²) in [5.41, 5.74) is 2.15. The van der Waals surface area contributed by atoms with Gasteiger partial charge in [0.15, 0.2) is 0 Å². The smallest absolute Gasteiger partial charge is 0.328 e. The maximum Gasteiger partial charge on any atom is 0.328 e. The summed E-state index contributed by atoms with van der Waals surface area (Å²) in [4.78, 5) is 22.2. The Kier molecular flexibility index (Phi) is 4.76. The van der Waals surface area contributed by atoms with Crippen LogP contribution in [0, 0.1) is 0 Å². The second kappa shape index (κ2) is 6.95. The summed E-state index contributed by atoms with van der Waals surface area (Å²) in [5.74, 6) is -1.21. The lowest BCUT2D eigenvalue weighted by Gasteiger charge is -2.05. The summed E-state index contributed by atoms with van der Waals surface area (Å²) >= 11 is 0. The van der Waals surface area contributed by atoms with Crippen LogP contribution in [0.5, 0.6) is 0 Å². The number of aromatic nitrogens is 2. The molecule has 1 amide bonds. The van der Waals surface area contributed by atoms with Gasteiger partial charge in [-0.3, -0.25) is 4.79 Å². The van der Waals surface area contributed by atoms with Gasteiger partial charge < -0.3 is 10.4 Å². The van der Waals surface area contributed by atoms with Crippen molar-refractivity contribution in [2.75, 3.05) is 0 Å². The van der Waals surface area contributed by atoms with Gasteiger partial charge in [-0.05, 0) is 23.3 Å². The van der Waals surface area contributed by atoms with Gasteiger partial charge in [0.25, 0.3) is 5.91 Å². The van der Waals surface area contributed by atoms with Crippen LogP contribution in [0.1, 0.15) is 21.5 Å². The lowest BCUT2D eigenvalue weighted by atomic mass is 10.1. The van der Waals surface area contributed by atoms with Gasteiger partial charge in [0, 0.05) is 12.6 Å². The average molecular weight is 283 g/mol. The van der Waals surface area contributed by atoms with Gasteiger partial charge in [-0.2, -0.15) is 10.2 Å². The Morgan fingerprint density at radius 2 is 1.90 bits per heavy atom. The second-order valence-electron chi connectivity index (χ2n) is 4.23. The fourth-order valence-electron chi connectivity index (χ4n) is 1.62. The molecule has 0 aliphatic rings. The maximum atomic E-state index is 11.8. The largest absolute Gasteiger partial charge is 0.478 e. The van der Waals surface area contributed by atoms with E-state index in [1.165, 1.54) is 18.5 Å². The zero-order valence-electron chi connectivity index (χ0n) is 11.1. The van der Waals surface area contributed by atoms with E-state index in [0.717, 1.165) is 17.2 Å². The molecule has 2 aromatic rings. The van der Waals surface area contributed by atoms with Crippen LogP contribution < -0.4 is 5.32 Å². The van der Waals surface area contributed by atoms with E-state index in [9.17, 15) is 9.59 Å². The maximum absolute atomic E-state index is 11.8. The van der Waals surface area contributed by atoms with Gasteiger partial charge in [-0.1, -0.05) is 24.3 Å². The molecule has 0 bridgehead atoms. The molecule has 0 atom stereocenters. The highest BCUT2D eigenvalue weighted by molar-refractivity contribution is 5.93. The molecule has 1 aromatic heterocycles. The zero-order chi connectivity index (χ0) is 15.1. The molecular formula is C15H13N3O3. The van der Waals surface area contributed by atoms with Crippen LogP contribution in [0.25, 0.3) is 6.08 Å². The van der Waals surface area contributed by atoms with Crippen LogP contribution in [-0.2, 0) is 11.3 Å². The lowest BCUT2D eigenvalue weighted by molar-refractivity contribution is -0.131. The molecule has 1 heterocycles. The SMILES string of the molecule is O=C(O)/C=C/c1ccc(CNC(=O)c2ccnnc2)cc1. The van der Waals surface area contributed by atoms with E-state index >= 15 is 0 Å².